The lowest BCUT2D eigenvalue weighted by atomic mass is 9.65. The average molecular weight is 493 g/mol. The third kappa shape index (κ3) is 7.07. The van der Waals surface area contributed by atoms with Crippen LogP contribution in [-0.4, -0.2) is 49.4 Å². The number of ether oxygens (including phenoxy) is 1. The Bertz CT molecular complexity index is 798. The molecule has 0 radical (unpaired) electrons. The molecule has 2 N–H and O–H groups in total. The zero-order valence-corrected chi connectivity index (χ0v) is 24.1. The lowest BCUT2D eigenvalue weighted by Crippen LogP contribution is -2.49. The molecule has 4 unspecified atom stereocenters. The van der Waals surface area contributed by atoms with Gasteiger partial charge in [0.25, 0.3) is 0 Å². The van der Waals surface area contributed by atoms with Gasteiger partial charge in [0.05, 0.1) is 18.8 Å². The summed E-state index contributed by atoms with van der Waals surface area (Å²) in [4.78, 5) is 11.8. The van der Waals surface area contributed by atoms with Crippen LogP contribution in [0.1, 0.15) is 68.2 Å². The summed E-state index contributed by atoms with van der Waals surface area (Å²) in [5.74, 6) is 4.08. The standard InChI is InChI=1S/C28H48O5Si/c1-12-14-20(5)17-18-28(9)23(19(3)4)26(33-34(10,11)27(6,7)8)25(31)24(28)21(29)15-16-22(30)32-13-2/h12,14,19,21,23-26,29,31H,1,13,17-18H2,2-11H3/b20-14+/t21?,23-,24?,25?,26-,28?/m0/s1. The van der Waals surface area contributed by atoms with Gasteiger partial charge < -0.3 is 19.4 Å². The molecule has 1 rings (SSSR count). The molecule has 6 heteroatoms. The number of hydrogen-bond donors (Lipinski definition) is 2. The molecule has 0 amide bonds. The summed E-state index contributed by atoms with van der Waals surface area (Å²) in [5, 5.41) is 22.8. The van der Waals surface area contributed by atoms with Gasteiger partial charge in [-0.05, 0) is 62.1 Å². The lowest BCUT2D eigenvalue weighted by Gasteiger charge is -2.44. The molecule has 0 aromatic carbocycles. The van der Waals surface area contributed by atoms with Crippen LogP contribution in [0, 0.1) is 35.0 Å². The fourth-order valence-electron chi connectivity index (χ4n) is 5.23. The van der Waals surface area contributed by atoms with Gasteiger partial charge in [0, 0.05) is 11.8 Å². The summed E-state index contributed by atoms with van der Waals surface area (Å²) in [6.45, 7) is 25.2. The van der Waals surface area contributed by atoms with Crippen LogP contribution in [0.15, 0.2) is 24.3 Å². The smallest absolute Gasteiger partial charge is 0.384 e. The van der Waals surface area contributed by atoms with Gasteiger partial charge in [-0.25, -0.2) is 4.79 Å². The predicted molar refractivity (Wildman–Crippen MR) is 142 cm³/mol. The number of aliphatic hydroxyl groups is 2. The molecule has 0 bridgehead atoms. The first kappa shape index (κ1) is 30.6. The van der Waals surface area contributed by atoms with Crippen LogP contribution in [0.5, 0.6) is 0 Å². The molecule has 194 valence electrons. The maximum atomic E-state index is 11.8. The van der Waals surface area contributed by atoms with E-state index in [0.29, 0.717) is 0 Å². The molecular weight excluding hydrogens is 444 g/mol. The number of carbonyl (C=O) groups is 1. The highest BCUT2D eigenvalue weighted by Crippen LogP contribution is 2.57. The van der Waals surface area contributed by atoms with E-state index in [1.165, 1.54) is 5.57 Å². The maximum absolute atomic E-state index is 11.8. The highest BCUT2D eigenvalue weighted by Gasteiger charge is 2.61. The summed E-state index contributed by atoms with van der Waals surface area (Å²) in [6.07, 6.45) is 2.84. The van der Waals surface area contributed by atoms with E-state index < -0.39 is 43.9 Å². The maximum Gasteiger partial charge on any atom is 0.384 e. The molecule has 0 spiro atoms. The van der Waals surface area contributed by atoms with E-state index in [9.17, 15) is 15.0 Å². The largest absolute Gasteiger partial charge is 0.456 e. The Morgan fingerprint density at radius 1 is 1.26 bits per heavy atom. The first-order valence-electron chi connectivity index (χ1n) is 12.5. The van der Waals surface area contributed by atoms with E-state index in [2.05, 4.69) is 80.0 Å². The first-order valence-corrected chi connectivity index (χ1v) is 15.4. The molecule has 1 aliphatic rings. The summed E-state index contributed by atoms with van der Waals surface area (Å²) in [6, 6.07) is 0. The molecule has 1 fully saturated rings. The van der Waals surface area contributed by atoms with Gasteiger partial charge >= 0.3 is 5.97 Å². The van der Waals surface area contributed by atoms with Crippen LogP contribution < -0.4 is 0 Å². The van der Waals surface area contributed by atoms with Gasteiger partial charge in [-0.3, -0.25) is 0 Å². The Morgan fingerprint density at radius 3 is 2.32 bits per heavy atom. The molecule has 34 heavy (non-hydrogen) atoms. The van der Waals surface area contributed by atoms with Gasteiger partial charge in [-0.1, -0.05) is 71.8 Å². The summed E-state index contributed by atoms with van der Waals surface area (Å²) >= 11 is 0. The molecular formula is C28H48O5Si. The lowest BCUT2D eigenvalue weighted by molar-refractivity contribution is -0.136. The fraction of sp³-hybridized carbons (Fsp3) is 0.750. The third-order valence-corrected chi connectivity index (χ3v) is 12.4. The van der Waals surface area contributed by atoms with E-state index in [1.807, 2.05) is 6.08 Å². The van der Waals surface area contributed by atoms with Crippen LogP contribution >= 0.6 is 0 Å². The minimum absolute atomic E-state index is 0.0113. The number of allylic oxidation sites excluding steroid dienone is 3. The van der Waals surface area contributed by atoms with Gasteiger partial charge in [0.2, 0.25) is 0 Å². The zero-order chi connectivity index (χ0) is 26.5. The minimum atomic E-state index is -2.21. The second kappa shape index (κ2) is 12.0. The van der Waals surface area contributed by atoms with Gasteiger partial charge in [0.1, 0.15) is 6.10 Å². The minimum Gasteiger partial charge on any atom is -0.456 e. The van der Waals surface area contributed by atoms with E-state index in [4.69, 9.17) is 9.16 Å². The second-order valence-electron chi connectivity index (χ2n) is 11.8. The third-order valence-electron chi connectivity index (χ3n) is 7.93. The summed E-state index contributed by atoms with van der Waals surface area (Å²) in [7, 11) is -2.21. The Kier molecular flexibility index (Phi) is 10.8. The molecule has 0 aromatic rings. The van der Waals surface area contributed by atoms with Gasteiger partial charge in [-0.2, -0.15) is 0 Å². The first-order chi connectivity index (χ1) is 15.5. The monoisotopic (exact) mass is 492 g/mol. The van der Waals surface area contributed by atoms with Crippen molar-refractivity contribution in [2.45, 2.75) is 105 Å². The van der Waals surface area contributed by atoms with E-state index in [-0.39, 0.29) is 23.5 Å². The van der Waals surface area contributed by atoms with E-state index >= 15 is 0 Å². The van der Waals surface area contributed by atoms with Crippen LogP contribution in [0.25, 0.3) is 0 Å². The number of aliphatic hydroxyl groups excluding tert-OH is 2. The molecule has 0 saturated heterocycles. The van der Waals surface area contributed by atoms with Gasteiger partial charge in [0.15, 0.2) is 8.32 Å². The molecule has 1 aliphatic carbocycles. The Hall–Kier alpha value is -1.39. The van der Waals surface area contributed by atoms with Crippen molar-refractivity contribution in [1.29, 1.82) is 0 Å². The molecule has 0 heterocycles. The summed E-state index contributed by atoms with van der Waals surface area (Å²) in [5.41, 5.74) is 0.729. The number of esters is 1. The molecule has 1 saturated carbocycles. The number of rotatable bonds is 9. The molecule has 6 atom stereocenters. The Labute approximate surface area is 209 Å². The Morgan fingerprint density at radius 2 is 1.85 bits per heavy atom. The van der Waals surface area contributed by atoms with Crippen molar-refractivity contribution in [2.24, 2.45) is 23.2 Å². The topological polar surface area (TPSA) is 76.0 Å². The SMILES string of the molecule is C=C/C=C(\C)CCC1(C)C(C(O)C#CC(=O)OCC)C(O)[C@@H](O[Si](C)(C)C(C)(C)C)[C@@H]1C(C)C. The average Bonchev–Trinajstić information content (AvgIpc) is 2.90. The van der Waals surface area contributed by atoms with Crippen LogP contribution in [-0.2, 0) is 14.0 Å². The molecule has 0 aliphatic heterocycles. The van der Waals surface area contributed by atoms with Crippen molar-refractivity contribution in [3.05, 3.63) is 24.3 Å². The predicted octanol–water partition coefficient (Wildman–Crippen LogP) is 5.49. The van der Waals surface area contributed by atoms with Crippen molar-refractivity contribution < 1.29 is 24.2 Å². The van der Waals surface area contributed by atoms with Crippen molar-refractivity contribution in [3.8, 4) is 11.8 Å². The molecule has 0 aromatic heterocycles. The van der Waals surface area contributed by atoms with Crippen molar-refractivity contribution in [1.82, 2.24) is 0 Å². The highest BCUT2D eigenvalue weighted by molar-refractivity contribution is 6.74. The molecule has 5 nitrogen and oxygen atoms in total. The van der Waals surface area contributed by atoms with Crippen LogP contribution in [0.2, 0.25) is 18.1 Å². The number of carbonyl (C=O) groups excluding carboxylic acids is 1. The van der Waals surface area contributed by atoms with Crippen molar-refractivity contribution in [2.75, 3.05) is 6.61 Å². The van der Waals surface area contributed by atoms with E-state index in [0.717, 1.165) is 12.8 Å². The Balaban J connectivity index is 3.54. The second-order valence-corrected chi connectivity index (χ2v) is 16.6. The van der Waals surface area contributed by atoms with Crippen molar-refractivity contribution in [3.63, 3.8) is 0 Å². The quantitative estimate of drug-likeness (QED) is 0.146. The van der Waals surface area contributed by atoms with E-state index in [1.54, 1.807) is 13.0 Å². The van der Waals surface area contributed by atoms with Crippen molar-refractivity contribution >= 4 is 14.3 Å². The zero-order valence-electron chi connectivity index (χ0n) is 23.1. The van der Waals surface area contributed by atoms with Crippen LogP contribution in [0.4, 0.5) is 0 Å². The van der Waals surface area contributed by atoms with Crippen LogP contribution in [0.3, 0.4) is 0 Å². The van der Waals surface area contributed by atoms with Gasteiger partial charge in [-0.15, -0.1) is 0 Å². The normalized spacial score (nSPS) is 28.9. The highest BCUT2D eigenvalue weighted by atomic mass is 28.4. The summed E-state index contributed by atoms with van der Waals surface area (Å²) < 4.78 is 11.8. The fourth-order valence-corrected chi connectivity index (χ4v) is 6.55. The number of hydrogen-bond acceptors (Lipinski definition) is 5.